The van der Waals surface area contributed by atoms with E-state index in [9.17, 15) is 0 Å². The number of ether oxygens (including phenoxy) is 1. The van der Waals surface area contributed by atoms with Crippen LogP contribution >= 0.6 is 0 Å². The first-order chi connectivity index (χ1) is 9.74. The molecular weight excluding hydrogens is 246 g/mol. The number of hydrogen-bond donors (Lipinski definition) is 1. The van der Waals surface area contributed by atoms with E-state index in [1.54, 1.807) is 0 Å². The topological polar surface area (TPSA) is 35.2 Å². The average molecular weight is 269 g/mol. The van der Waals surface area contributed by atoms with Gasteiger partial charge in [0.2, 0.25) is 0 Å². The molecule has 2 rings (SSSR count). The second-order valence-electron chi connectivity index (χ2n) is 5.10. The highest BCUT2D eigenvalue weighted by Gasteiger charge is 2.15. The third kappa shape index (κ3) is 3.61. The molecular formula is C18H23NO. The van der Waals surface area contributed by atoms with Gasteiger partial charge < -0.3 is 10.5 Å². The van der Waals surface area contributed by atoms with Gasteiger partial charge in [-0.25, -0.2) is 0 Å². The Morgan fingerprint density at radius 2 is 1.90 bits per heavy atom. The van der Waals surface area contributed by atoms with Gasteiger partial charge in [-0.2, -0.15) is 0 Å². The number of aryl methyl sites for hydroxylation is 1. The van der Waals surface area contributed by atoms with E-state index < -0.39 is 0 Å². The summed E-state index contributed by atoms with van der Waals surface area (Å²) >= 11 is 0. The summed E-state index contributed by atoms with van der Waals surface area (Å²) in [7, 11) is 0. The van der Waals surface area contributed by atoms with E-state index in [-0.39, 0.29) is 0 Å². The molecule has 2 aromatic carbocycles. The second kappa shape index (κ2) is 7.11. The molecule has 0 amide bonds. The van der Waals surface area contributed by atoms with Crippen LogP contribution in [0.5, 0.6) is 5.75 Å². The summed E-state index contributed by atoms with van der Waals surface area (Å²) in [4.78, 5) is 0. The third-order valence-corrected chi connectivity index (χ3v) is 3.51. The zero-order chi connectivity index (χ0) is 14.4. The molecule has 20 heavy (non-hydrogen) atoms. The Labute approximate surface area is 121 Å². The average Bonchev–Trinajstić information content (AvgIpc) is 2.46. The van der Waals surface area contributed by atoms with E-state index >= 15 is 0 Å². The van der Waals surface area contributed by atoms with Gasteiger partial charge in [0.25, 0.3) is 0 Å². The minimum atomic E-state index is 0.291. The van der Waals surface area contributed by atoms with Crippen LogP contribution in [0.1, 0.15) is 29.5 Å². The summed E-state index contributed by atoms with van der Waals surface area (Å²) in [6.07, 6.45) is 0.947. The van der Waals surface area contributed by atoms with E-state index in [0.717, 1.165) is 12.2 Å². The molecule has 0 spiro atoms. The van der Waals surface area contributed by atoms with Crippen molar-refractivity contribution < 1.29 is 4.74 Å². The van der Waals surface area contributed by atoms with Gasteiger partial charge in [0.15, 0.2) is 0 Å². The SMILES string of the molecule is CCOc1ccccc1C(CN)Cc1cccc(C)c1. The highest BCUT2D eigenvalue weighted by molar-refractivity contribution is 5.38. The summed E-state index contributed by atoms with van der Waals surface area (Å²) < 4.78 is 5.73. The molecule has 2 heteroatoms. The first kappa shape index (κ1) is 14.6. The molecule has 1 atom stereocenters. The maximum atomic E-state index is 6.00. The molecule has 0 radical (unpaired) electrons. The maximum Gasteiger partial charge on any atom is 0.122 e. The van der Waals surface area contributed by atoms with Crippen molar-refractivity contribution in [2.45, 2.75) is 26.2 Å². The van der Waals surface area contributed by atoms with Crippen molar-refractivity contribution in [2.75, 3.05) is 13.2 Å². The van der Waals surface area contributed by atoms with Gasteiger partial charge in [-0.1, -0.05) is 48.0 Å². The first-order valence-corrected chi connectivity index (χ1v) is 7.22. The van der Waals surface area contributed by atoms with E-state index in [0.29, 0.717) is 19.1 Å². The second-order valence-corrected chi connectivity index (χ2v) is 5.10. The predicted octanol–water partition coefficient (Wildman–Crippen LogP) is 3.68. The molecule has 0 aliphatic rings. The van der Waals surface area contributed by atoms with Crippen LogP contribution in [-0.4, -0.2) is 13.2 Å². The lowest BCUT2D eigenvalue weighted by Crippen LogP contribution is -2.16. The summed E-state index contributed by atoms with van der Waals surface area (Å²) in [6.45, 7) is 5.43. The van der Waals surface area contributed by atoms with Crippen LogP contribution in [0.3, 0.4) is 0 Å². The van der Waals surface area contributed by atoms with Gasteiger partial charge in [0, 0.05) is 5.92 Å². The molecule has 2 aromatic rings. The number of rotatable bonds is 6. The molecule has 0 aliphatic carbocycles. The molecule has 0 aliphatic heterocycles. The van der Waals surface area contributed by atoms with Crippen molar-refractivity contribution in [1.82, 2.24) is 0 Å². The lowest BCUT2D eigenvalue weighted by Gasteiger charge is -2.19. The standard InChI is InChI=1S/C18H23NO/c1-3-20-18-10-5-4-9-17(18)16(13-19)12-15-8-6-7-14(2)11-15/h4-11,16H,3,12-13,19H2,1-2H3. The first-order valence-electron chi connectivity index (χ1n) is 7.22. The Balaban J connectivity index is 2.24. The van der Waals surface area contributed by atoms with Crippen molar-refractivity contribution in [1.29, 1.82) is 0 Å². The van der Waals surface area contributed by atoms with Crippen molar-refractivity contribution in [3.63, 3.8) is 0 Å². The van der Waals surface area contributed by atoms with Gasteiger partial charge in [-0.3, -0.25) is 0 Å². The molecule has 0 heterocycles. The fraction of sp³-hybridized carbons (Fsp3) is 0.333. The van der Waals surface area contributed by atoms with Crippen LogP contribution in [0.25, 0.3) is 0 Å². The molecule has 2 nitrogen and oxygen atoms in total. The van der Waals surface area contributed by atoms with Crippen LogP contribution in [-0.2, 0) is 6.42 Å². The van der Waals surface area contributed by atoms with Crippen molar-refractivity contribution in [2.24, 2.45) is 5.73 Å². The molecule has 0 bridgehead atoms. The van der Waals surface area contributed by atoms with E-state index in [4.69, 9.17) is 10.5 Å². The van der Waals surface area contributed by atoms with Gasteiger partial charge in [0.1, 0.15) is 5.75 Å². The number of hydrogen-bond acceptors (Lipinski definition) is 2. The van der Waals surface area contributed by atoms with E-state index in [2.05, 4.69) is 43.3 Å². The predicted molar refractivity (Wildman–Crippen MR) is 84.3 cm³/mol. The quantitative estimate of drug-likeness (QED) is 0.868. The van der Waals surface area contributed by atoms with Crippen LogP contribution in [0.2, 0.25) is 0 Å². The van der Waals surface area contributed by atoms with Gasteiger partial charge in [0.05, 0.1) is 6.61 Å². The normalized spacial score (nSPS) is 12.2. The Hall–Kier alpha value is -1.80. The number of nitrogens with two attached hydrogens (primary N) is 1. The van der Waals surface area contributed by atoms with Crippen molar-refractivity contribution in [3.8, 4) is 5.75 Å². The molecule has 106 valence electrons. The minimum absolute atomic E-state index is 0.291. The lowest BCUT2D eigenvalue weighted by molar-refractivity contribution is 0.334. The van der Waals surface area contributed by atoms with E-state index in [1.807, 2.05) is 19.1 Å². The van der Waals surface area contributed by atoms with Crippen LogP contribution in [0, 0.1) is 6.92 Å². The summed E-state index contributed by atoms with van der Waals surface area (Å²) in [5, 5.41) is 0. The van der Waals surface area contributed by atoms with Gasteiger partial charge in [-0.05, 0) is 44.0 Å². The van der Waals surface area contributed by atoms with Gasteiger partial charge in [-0.15, -0.1) is 0 Å². The molecule has 0 saturated heterocycles. The lowest BCUT2D eigenvalue weighted by atomic mass is 9.91. The fourth-order valence-corrected chi connectivity index (χ4v) is 2.55. The molecule has 0 aromatic heterocycles. The summed E-state index contributed by atoms with van der Waals surface area (Å²) in [6, 6.07) is 16.8. The fourth-order valence-electron chi connectivity index (χ4n) is 2.55. The summed E-state index contributed by atoms with van der Waals surface area (Å²) in [5.74, 6) is 1.25. The number of benzene rings is 2. The smallest absolute Gasteiger partial charge is 0.122 e. The molecule has 0 fully saturated rings. The molecule has 1 unspecified atom stereocenters. The highest BCUT2D eigenvalue weighted by atomic mass is 16.5. The Bertz CT molecular complexity index is 551. The highest BCUT2D eigenvalue weighted by Crippen LogP contribution is 2.29. The molecule has 0 saturated carbocycles. The Morgan fingerprint density at radius 3 is 2.60 bits per heavy atom. The van der Waals surface area contributed by atoms with Crippen LogP contribution < -0.4 is 10.5 Å². The monoisotopic (exact) mass is 269 g/mol. The van der Waals surface area contributed by atoms with Crippen LogP contribution in [0.4, 0.5) is 0 Å². The minimum Gasteiger partial charge on any atom is -0.494 e. The van der Waals surface area contributed by atoms with Gasteiger partial charge >= 0.3 is 0 Å². The summed E-state index contributed by atoms with van der Waals surface area (Å²) in [5.41, 5.74) is 9.82. The third-order valence-electron chi connectivity index (χ3n) is 3.51. The van der Waals surface area contributed by atoms with Crippen molar-refractivity contribution >= 4 is 0 Å². The zero-order valence-electron chi connectivity index (χ0n) is 12.3. The largest absolute Gasteiger partial charge is 0.494 e. The van der Waals surface area contributed by atoms with Crippen molar-refractivity contribution in [3.05, 3.63) is 65.2 Å². The zero-order valence-corrected chi connectivity index (χ0v) is 12.3. The van der Waals surface area contributed by atoms with Crippen LogP contribution in [0.15, 0.2) is 48.5 Å². The Kier molecular flexibility index (Phi) is 5.19. The number of para-hydroxylation sites is 1. The Morgan fingerprint density at radius 1 is 1.10 bits per heavy atom. The van der Waals surface area contributed by atoms with E-state index in [1.165, 1.54) is 16.7 Å². The molecule has 2 N–H and O–H groups in total. The maximum absolute atomic E-state index is 6.00.